The second-order valence-electron chi connectivity index (χ2n) is 8.37. The number of allylic oxidation sites excluding steroid dienone is 1. The smallest absolute Gasteiger partial charge is 0.253 e. The average molecular weight is 474 g/mol. The first-order valence-electron chi connectivity index (χ1n) is 10.9. The molecule has 0 saturated heterocycles. The van der Waals surface area contributed by atoms with Gasteiger partial charge in [-0.2, -0.15) is 4.31 Å². The lowest BCUT2D eigenvalue weighted by Gasteiger charge is -2.37. The van der Waals surface area contributed by atoms with Crippen LogP contribution >= 0.6 is 0 Å². The highest BCUT2D eigenvalue weighted by Crippen LogP contribution is 2.34. The number of carbonyl (C=O) groups excluding carboxylic acids is 1. The van der Waals surface area contributed by atoms with Crippen molar-refractivity contribution in [2.75, 3.05) is 26.7 Å². The molecule has 33 heavy (non-hydrogen) atoms. The van der Waals surface area contributed by atoms with Crippen molar-refractivity contribution in [3.8, 4) is 5.75 Å². The Labute approximate surface area is 195 Å². The van der Waals surface area contributed by atoms with E-state index in [-0.39, 0.29) is 42.2 Å². The number of amides is 1. The summed E-state index contributed by atoms with van der Waals surface area (Å²) in [5.74, 6) is -0.187. The minimum absolute atomic E-state index is 0.0519. The highest BCUT2D eigenvalue weighted by atomic mass is 32.2. The van der Waals surface area contributed by atoms with E-state index in [2.05, 4.69) is 4.98 Å². The van der Waals surface area contributed by atoms with Gasteiger partial charge in [0.15, 0.2) is 0 Å². The average Bonchev–Trinajstić information content (AvgIpc) is 2.81. The van der Waals surface area contributed by atoms with E-state index in [1.807, 2.05) is 26.0 Å². The van der Waals surface area contributed by atoms with E-state index in [1.165, 1.54) is 10.4 Å². The normalized spacial score (nSPS) is 21.5. The van der Waals surface area contributed by atoms with Crippen molar-refractivity contribution < 1.29 is 23.1 Å². The van der Waals surface area contributed by atoms with Gasteiger partial charge < -0.3 is 14.7 Å². The molecule has 1 aromatic heterocycles. The third kappa shape index (κ3) is 5.43. The van der Waals surface area contributed by atoms with Crippen LogP contribution in [0.5, 0.6) is 5.75 Å². The van der Waals surface area contributed by atoms with Crippen LogP contribution in [0.4, 0.5) is 0 Å². The van der Waals surface area contributed by atoms with Crippen LogP contribution in [0.15, 0.2) is 53.7 Å². The van der Waals surface area contributed by atoms with Crippen LogP contribution < -0.4 is 4.74 Å². The summed E-state index contributed by atoms with van der Waals surface area (Å²) < 4.78 is 34.5. The molecule has 1 N–H and O–H groups in total. The summed E-state index contributed by atoms with van der Waals surface area (Å²) in [5, 5.41) is 9.74. The number of aliphatic hydroxyl groups is 1. The highest BCUT2D eigenvalue weighted by Gasteiger charge is 2.38. The van der Waals surface area contributed by atoms with E-state index in [1.54, 1.807) is 55.5 Å². The van der Waals surface area contributed by atoms with E-state index >= 15 is 0 Å². The summed E-state index contributed by atoms with van der Waals surface area (Å²) in [5.41, 5.74) is 1.32. The predicted molar refractivity (Wildman–Crippen MR) is 126 cm³/mol. The molecule has 3 rings (SSSR count). The number of fused-ring (bicyclic) bond motifs is 1. The monoisotopic (exact) mass is 473 g/mol. The molecule has 0 radical (unpaired) electrons. The standard InChI is InChI=1S/C24H31N3O5S/c1-5-6-19-7-8-23-21(13-19)32-22(15-26(4)24(29)20-9-11-25-12-10-20)17(2)14-27(18(3)16-28)33(23,30)31/h5-13,17-18,22,28H,14-16H2,1-4H3/t17-,18+,22+/m0/s1. The van der Waals surface area contributed by atoms with Gasteiger partial charge in [-0.1, -0.05) is 25.1 Å². The lowest BCUT2D eigenvalue weighted by Crippen LogP contribution is -2.50. The molecule has 0 spiro atoms. The molecule has 1 aromatic carbocycles. The topological polar surface area (TPSA) is 100 Å². The Bertz CT molecular complexity index is 1100. The minimum Gasteiger partial charge on any atom is -0.487 e. The zero-order valence-corrected chi connectivity index (χ0v) is 20.2. The van der Waals surface area contributed by atoms with Crippen molar-refractivity contribution in [3.63, 3.8) is 0 Å². The Kier molecular flexibility index (Phi) is 7.88. The van der Waals surface area contributed by atoms with E-state index in [0.29, 0.717) is 5.56 Å². The van der Waals surface area contributed by atoms with Gasteiger partial charge in [-0.05, 0) is 43.7 Å². The molecular weight excluding hydrogens is 442 g/mol. The molecule has 9 heteroatoms. The van der Waals surface area contributed by atoms with Crippen LogP contribution in [0, 0.1) is 5.92 Å². The van der Waals surface area contributed by atoms with Crippen LogP contribution in [0.25, 0.3) is 6.08 Å². The molecule has 1 aliphatic rings. The Morgan fingerprint density at radius 3 is 2.67 bits per heavy atom. The number of sulfonamides is 1. The molecule has 1 aliphatic heterocycles. The number of ether oxygens (including phenoxy) is 1. The van der Waals surface area contributed by atoms with Crippen LogP contribution in [0.2, 0.25) is 0 Å². The Morgan fingerprint density at radius 2 is 2.03 bits per heavy atom. The van der Waals surface area contributed by atoms with Crippen molar-refractivity contribution in [2.24, 2.45) is 5.92 Å². The maximum Gasteiger partial charge on any atom is 0.253 e. The number of pyridine rings is 1. The summed E-state index contributed by atoms with van der Waals surface area (Å²) >= 11 is 0. The lowest BCUT2D eigenvalue weighted by molar-refractivity contribution is 0.0563. The maximum absolute atomic E-state index is 13.5. The van der Waals surface area contributed by atoms with Gasteiger partial charge in [0.25, 0.3) is 5.91 Å². The van der Waals surface area contributed by atoms with Crippen molar-refractivity contribution in [1.29, 1.82) is 0 Å². The van der Waals surface area contributed by atoms with Gasteiger partial charge in [-0.15, -0.1) is 0 Å². The minimum atomic E-state index is -3.89. The number of benzene rings is 1. The molecule has 2 heterocycles. The molecule has 2 aromatic rings. The number of carbonyl (C=O) groups is 1. The van der Waals surface area contributed by atoms with E-state index in [0.717, 1.165) is 5.56 Å². The zero-order valence-electron chi connectivity index (χ0n) is 19.4. The highest BCUT2D eigenvalue weighted by molar-refractivity contribution is 7.89. The van der Waals surface area contributed by atoms with E-state index in [9.17, 15) is 18.3 Å². The van der Waals surface area contributed by atoms with E-state index < -0.39 is 22.2 Å². The molecule has 0 bridgehead atoms. The second kappa shape index (κ2) is 10.5. The number of hydrogen-bond acceptors (Lipinski definition) is 6. The third-order valence-corrected chi connectivity index (χ3v) is 7.80. The van der Waals surface area contributed by atoms with Gasteiger partial charge in [-0.3, -0.25) is 9.78 Å². The molecule has 0 saturated carbocycles. The lowest BCUT2D eigenvalue weighted by atomic mass is 10.0. The third-order valence-electron chi connectivity index (χ3n) is 5.78. The fourth-order valence-corrected chi connectivity index (χ4v) is 5.65. The van der Waals surface area contributed by atoms with Gasteiger partial charge in [0.1, 0.15) is 16.7 Å². The summed E-state index contributed by atoms with van der Waals surface area (Å²) in [6, 6.07) is 7.66. The second-order valence-corrected chi connectivity index (χ2v) is 10.2. The zero-order chi connectivity index (χ0) is 24.2. The fourth-order valence-electron chi connectivity index (χ4n) is 3.82. The number of nitrogens with zero attached hydrogens (tertiary/aromatic N) is 3. The van der Waals surface area contributed by atoms with Gasteiger partial charge >= 0.3 is 0 Å². The number of hydrogen-bond donors (Lipinski definition) is 1. The largest absolute Gasteiger partial charge is 0.487 e. The van der Waals surface area contributed by atoms with Crippen LogP contribution in [0.1, 0.15) is 36.7 Å². The number of aliphatic hydroxyl groups excluding tert-OH is 1. The first-order valence-corrected chi connectivity index (χ1v) is 12.3. The van der Waals surface area contributed by atoms with Crippen LogP contribution in [-0.2, 0) is 10.0 Å². The number of likely N-dealkylation sites (N-methyl/N-ethyl adjacent to an activating group) is 1. The fraction of sp³-hybridized carbons (Fsp3) is 0.417. The maximum atomic E-state index is 13.5. The van der Waals surface area contributed by atoms with Crippen LogP contribution in [0.3, 0.4) is 0 Å². The van der Waals surface area contributed by atoms with Gasteiger partial charge in [0, 0.05) is 43.5 Å². The van der Waals surface area contributed by atoms with Gasteiger partial charge in [-0.25, -0.2) is 8.42 Å². The molecular formula is C24H31N3O5S. The predicted octanol–water partition coefficient (Wildman–Crippen LogP) is 2.66. The first-order chi connectivity index (χ1) is 15.7. The molecule has 3 atom stereocenters. The molecule has 8 nitrogen and oxygen atoms in total. The van der Waals surface area contributed by atoms with E-state index in [4.69, 9.17) is 4.74 Å². The Hall–Kier alpha value is -2.75. The van der Waals surface area contributed by atoms with Crippen molar-refractivity contribution in [1.82, 2.24) is 14.2 Å². The summed E-state index contributed by atoms with van der Waals surface area (Å²) in [7, 11) is -2.20. The Balaban J connectivity index is 2.01. The summed E-state index contributed by atoms with van der Waals surface area (Å²) in [6.07, 6.45) is 6.38. The number of aromatic nitrogens is 1. The molecule has 1 amide bonds. The van der Waals surface area contributed by atoms with Crippen molar-refractivity contribution in [3.05, 3.63) is 59.9 Å². The quantitative estimate of drug-likeness (QED) is 0.692. The van der Waals surface area contributed by atoms with Crippen molar-refractivity contribution in [2.45, 2.75) is 37.8 Å². The summed E-state index contributed by atoms with van der Waals surface area (Å²) in [4.78, 5) is 18.5. The van der Waals surface area contributed by atoms with Gasteiger partial charge in [0.05, 0.1) is 13.2 Å². The molecule has 0 fully saturated rings. The van der Waals surface area contributed by atoms with Gasteiger partial charge in [0.2, 0.25) is 10.0 Å². The molecule has 0 unspecified atom stereocenters. The first kappa shape index (κ1) is 24.9. The van der Waals surface area contributed by atoms with Crippen molar-refractivity contribution >= 4 is 22.0 Å². The molecule has 178 valence electrons. The molecule has 0 aliphatic carbocycles. The van der Waals surface area contributed by atoms with Crippen LogP contribution in [-0.4, -0.2) is 72.5 Å². The summed E-state index contributed by atoms with van der Waals surface area (Å²) in [6.45, 7) is 5.56. The number of rotatable bonds is 6. The Morgan fingerprint density at radius 1 is 1.33 bits per heavy atom. The SMILES string of the molecule is CC=Cc1ccc2c(c1)O[C@H](CN(C)C(=O)c1ccncc1)[C@@H](C)CN([C@H](C)CO)S2(=O)=O.